The van der Waals surface area contributed by atoms with Gasteiger partial charge < -0.3 is 4.98 Å². The average Bonchev–Trinajstić information content (AvgIpc) is 2.92. The second-order valence-corrected chi connectivity index (χ2v) is 5.41. The van der Waals surface area contributed by atoms with Crippen molar-refractivity contribution in [2.24, 2.45) is 5.92 Å². The Morgan fingerprint density at radius 3 is 2.70 bits per heavy atom. The monoisotopic (exact) mass is 268 g/mol. The zero-order chi connectivity index (χ0) is 14.0. The number of fused-ring (bicyclic) bond motifs is 5. The highest BCUT2D eigenvalue weighted by atomic mass is 16.2. The molecule has 0 bridgehead atoms. The summed E-state index contributed by atoms with van der Waals surface area (Å²) in [5.74, 6) is -1.61. The smallest absolute Gasteiger partial charge is 0.238 e. The molecule has 2 atom stereocenters. The zero-order valence-electron chi connectivity index (χ0n) is 10.8. The van der Waals surface area contributed by atoms with Gasteiger partial charge in [-0.25, -0.2) is 0 Å². The van der Waals surface area contributed by atoms with E-state index in [1.54, 1.807) is 0 Å². The van der Waals surface area contributed by atoms with Crippen LogP contribution in [0.1, 0.15) is 28.4 Å². The normalized spacial score (nSPS) is 25.2. The van der Waals surface area contributed by atoms with E-state index >= 15 is 0 Å². The summed E-state index contributed by atoms with van der Waals surface area (Å²) in [7, 11) is 1.48. The number of hydrogen-bond donors (Lipinski definition) is 1. The molecule has 1 N–H and O–H groups in total. The van der Waals surface area contributed by atoms with Crippen LogP contribution in [0.2, 0.25) is 0 Å². The van der Waals surface area contributed by atoms with E-state index in [2.05, 4.69) is 4.98 Å². The van der Waals surface area contributed by atoms with Crippen LogP contribution in [0, 0.1) is 5.92 Å². The Bertz CT molecular complexity index is 790. The number of likely N-dealkylation sites (N-methyl/N-ethyl adjacent to an activating group) is 1. The van der Waals surface area contributed by atoms with Crippen molar-refractivity contribution in [2.45, 2.75) is 12.3 Å². The van der Waals surface area contributed by atoms with Gasteiger partial charge in [0.25, 0.3) is 0 Å². The first kappa shape index (κ1) is 11.4. The van der Waals surface area contributed by atoms with Crippen LogP contribution in [-0.4, -0.2) is 34.5 Å². The molecule has 1 saturated heterocycles. The van der Waals surface area contributed by atoms with E-state index < -0.39 is 11.8 Å². The Morgan fingerprint density at radius 2 is 1.90 bits per heavy atom. The van der Waals surface area contributed by atoms with Crippen LogP contribution >= 0.6 is 0 Å². The topological polar surface area (TPSA) is 70.2 Å². The third-order valence-corrected chi connectivity index (χ3v) is 4.38. The lowest BCUT2D eigenvalue weighted by atomic mass is 9.79. The molecule has 0 saturated carbocycles. The molecular formula is C15H12N2O3. The number of carbonyl (C=O) groups excluding carboxylic acids is 3. The molecule has 1 aliphatic carbocycles. The number of imide groups is 1. The molecule has 5 nitrogen and oxygen atoms in total. The van der Waals surface area contributed by atoms with Gasteiger partial charge in [-0.2, -0.15) is 0 Å². The highest BCUT2D eigenvalue weighted by molar-refractivity contribution is 6.17. The fourth-order valence-corrected chi connectivity index (χ4v) is 3.41. The molecule has 0 spiro atoms. The Morgan fingerprint density at radius 1 is 1.15 bits per heavy atom. The highest BCUT2D eigenvalue weighted by Crippen LogP contribution is 2.44. The Kier molecular flexibility index (Phi) is 2.03. The van der Waals surface area contributed by atoms with Crippen LogP contribution in [0.3, 0.4) is 0 Å². The van der Waals surface area contributed by atoms with Crippen LogP contribution < -0.4 is 0 Å². The number of rotatable bonds is 0. The van der Waals surface area contributed by atoms with E-state index in [9.17, 15) is 14.4 Å². The largest absolute Gasteiger partial charge is 0.357 e. The Labute approximate surface area is 114 Å². The summed E-state index contributed by atoms with van der Waals surface area (Å²) >= 11 is 0. The maximum atomic E-state index is 12.4. The van der Waals surface area contributed by atoms with Crippen LogP contribution in [0.25, 0.3) is 10.9 Å². The van der Waals surface area contributed by atoms with Gasteiger partial charge in [-0.05, 0) is 6.07 Å². The maximum Gasteiger partial charge on any atom is 0.238 e. The number of nitrogens with one attached hydrogen (secondary N) is 1. The fourth-order valence-electron chi connectivity index (χ4n) is 3.41. The molecule has 2 heterocycles. The molecule has 20 heavy (non-hydrogen) atoms. The zero-order valence-corrected chi connectivity index (χ0v) is 10.8. The second kappa shape index (κ2) is 3.56. The van der Waals surface area contributed by atoms with Crippen LogP contribution in [0.4, 0.5) is 0 Å². The van der Waals surface area contributed by atoms with Crippen molar-refractivity contribution in [3.63, 3.8) is 0 Å². The third kappa shape index (κ3) is 1.20. The summed E-state index contributed by atoms with van der Waals surface area (Å²) in [5, 5.41) is 0.834. The number of para-hydroxylation sites is 1. The van der Waals surface area contributed by atoms with Gasteiger partial charge in [0.05, 0.1) is 11.8 Å². The number of carbonyl (C=O) groups is 3. The van der Waals surface area contributed by atoms with Crippen molar-refractivity contribution < 1.29 is 14.4 Å². The summed E-state index contributed by atoms with van der Waals surface area (Å²) in [4.78, 5) is 41.0. The van der Waals surface area contributed by atoms with Crippen molar-refractivity contribution in [1.29, 1.82) is 0 Å². The minimum atomic E-state index is -0.541. The molecule has 1 aliphatic heterocycles. The van der Waals surface area contributed by atoms with E-state index in [1.807, 2.05) is 24.3 Å². The SMILES string of the molecule is CN1C(=O)C2CC(=O)c3c([nH]c4ccccc34)C2C1=O. The molecule has 5 heteroatoms. The molecule has 2 unspecified atom stereocenters. The number of nitrogens with zero attached hydrogens (tertiary/aromatic N) is 1. The standard InChI is InChI=1S/C15H12N2O3/c1-17-14(19)8-6-10(18)11-7-4-2-3-5-9(7)16-13(11)12(8)15(17)20/h2-5,8,12,16H,6H2,1H3. The van der Waals surface area contributed by atoms with E-state index in [0.717, 1.165) is 15.8 Å². The minimum Gasteiger partial charge on any atom is -0.357 e. The first-order chi connectivity index (χ1) is 9.59. The number of benzene rings is 1. The second-order valence-electron chi connectivity index (χ2n) is 5.41. The van der Waals surface area contributed by atoms with Gasteiger partial charge >= 0.3 is 0 Å². The summed E-state index contributed by atoms with van der Waals surface area (Å²) in [6, 6.07) is 7.48. The fraction of sp³-hybridized carbons (Fsp3) is 0.267. The van der Waals surface area contributed by atoms with E-state index in [1.165, 1.54) is 7.05 Å². The molecule has 1 aromatic heterocycles. The Hall–Kier alpha value is -2.43. The molecule has 0 radical (unpaired) electrons. The van der Waals surface area contributed by atoms with E-state index in [0.29, 0.717) is 11.3 Å². The number of likely N-dealkylation sites (tertiary alicyclic amines) is 1. The van der Waals surface area contributed by atoms with Crippen LogP contribution in [0.15, 0.2) is 24.3 Å². The van der Waals surface area contributed by atoms with Gasteiger partial charge in [-0.3, -0.25) is 19.3 Å². The number of aromatic amines is 1. The van der Waals surface area contributed by atoms with Crippen molar-refractivity contribution in [3.05, 3.63) is 35.5 Å². The van der Waals surface area contributed by atoms with Gasteiger partial charge in [-0.15, -0.1) is 0 Å². The molecule has 2 aromatic rings. The Balaban J connectivity index is 2.02. The maximum absolute atomic E-state index is 12.4. The van der Waals surface area contributed by atoms with Gasteiger partial charge in [0.1, 0.15) is 0 Å². The molecular weight excluding hydrogens is 256 g/mol. The number of ketones is 1. The highest BCUT2D eigenvalue weighted by Gasteiger charge is 2.52. The predicted octanol–water partition coefficient (Wildman–Crippen LogP) is 1.45. The van der Waals surface area contributed by atoms with Crippen molar-refractivity contribution in [1.82, 2.24) is 9.88 Å². The average molecular weight is 268 g/mol. The number of aromatic nitrogens is 1. The van der Waals surface area contributed by atoms with Crippen LogP contribution in [0.5, 0.6) is 0 Å². The molecule has 4 rings (SSSR count). The van der Waals surface area contributed by atoms with E-state index in [-0.39, 0.29) is 24.0 Å². The minimum absolute atomic E-state index is 0.0600. The summed E-state index contributed by atoms with van der Waals surface area (Å²) in [6.07, 6.45) is 0.119. The van der Waals surface area contributed by atoms with Gasteiger partial charge in [0, 0.05) is 35.6 Å². The van der Waals surface area contributed by atoms with Gasteiger partial charge in [-0.1, -0.05) is 18.2 Å². The number of hydrogen-bond acceptors (Lipinski definition) is 3. The molecule has 1 fully saturated rings. The number of H-pyrrole nitrogens is 1. The molecule has 100 valence electrons. The first-order valence-corrected chi connectivity index (χ1v) is 6.55. The van der Waals surface area contributed by atoms with Gasteiger partial charge in [0.15, 0.2) is 5.78 Å². The quantitative estimate of drug-likeness (QED) is 0.735. The lowest BCUT2D eigenvalue weighted by Crippen LogP contribution is -2.27. The third-order valence-electron chi connectivity index (χ3n) is 4.38. The summed E-state index contributed by atoms with van der Waals surface area (Å²) < 4.78 is 0. The van der Waals surface area contributed by atoms with Crippen molar-refractivity contribution >= 4 is 28.5 Å². The first-order valence-electron chi connectivity index (χ1n) is 6.55. The lowest BCUT2D eigenvalue weighted by Gasteiger charge is -2.20. The number of Topliss-reactive ketones (excluding diaryl/α,β-unsaturated/α-hetero) is 1. The van der Waals surface area contributed by atoms with Crippen molar-refractivity contribution in [2.75, 3.05) is 7.05 Å². The molecule has 1 aromatic carbocycles. The lowest BCUT2D eigenvalue weighted by molar-refractivity contribution is -0.137. The van der Waals surface area contributed by atoms with E-state index in [4.69, 9.17) is 0 Å². The summed E-state index contributed by atoms with van der Waals surface area (Å²) in [6.45, 7) is 0. The van der Waals surface area contributed by atoms with Gasteiger partial charge in [0.2, 0.25) is 11.8 Å². The van der Waals surface area contributed by atoms with Crippen molar-refractivity contribution in [3.8, 4) is 0 Å². The molecule has 2 amide bonds. The molecule has 2 aliphatic rings. The van der Waals surface area contributed by atoms with Crippen LogP contribution in [-0.2, 0) is 9.59 Å². The summed E-state index contributed by atoms with van der Waals surface area (Å²) in [5.41, 5.74) is 2.02. The predicted molar refractivity (Wildman–Crippen MR) is 71.3 cm³/mol. The number of amides is 2.